The van der Waals surface area contributed by atoms with Gasteiger partial charge in [-0.25, -0.2) is 8.42 Å². The topological polar surface area (TPSA) is 57.7 Å². The summed E-state index contributed by atoms with van der Waals surface area (Å²) in [5.74, 6) is 1.11. The molecule has 2 saturated heterocycles. The molecule has 2 atom stereocenters. The van der Waals surface area contributed by atoms with Crippen LogP contribution in [0, 0.1) is 11.8 Å². The van der Waals surface area contributed by atoms with E-state index in [0.29, 0.717) is 17.4 Å². The fraction of sp³-hybridized carbons (Fsp3) is 0.409. The lowest BCUT2D eigenvalue weighted by atomic mass is 10.0. The molecular weight excluding hydrogens is 372 g/mol. The van der Waals surface area contributed by atoms with Gasteiger partial charge in [0, 0.05) is 38.3 Å². The standard InChI is InChI=1S/C22H26N2O3S/c1-2-28(26,27)21-10-8-18(9-11-21)22(25)24-15-19-13-23(14-20(19)16-24)12-17-6-4-3-5-7-17/h3-11,19-20H,2,12-16H2,1H3/t19-,20+. The van der Waals surface area contributed by atoms with Gasteiger partial charge in [0.05, 0.1) is 10.6 Å². The van der Waals surface area contributed by atoms with Crippen LogP contribution in [0.5, 0.6) is 0 Å². The largest absolute Gasteiger partial charge is 0.338 e. The van der Waals surface area contributed by atoms with Gasteiger partial charge < -0.3 is 4.90 Å². The van der Waals surface area contributed by atoms with Crippen LogP contribution in [0.4, 0.5) is 0 Å². The van der Waals surface area contributed by atoms with E-state index in [1.807, 2.05) is 11.0 Å². The zero-order chi connectivity index (χ0) is 19.7. The maximum absolute atomic E-state index is 12.8. The quantitative estimate of drug-likeness (QED) is 0.777. The molecule has 0 bridgehead atoms. The Morgan fingerprint density at radius 3 is 2.11 bits per heavy atom. The number of fused-ring (bicyclic) bond motifs is 1. The smallest absolute Gasteiger partial charge is 0.253 e. The molecule has 0 aliphatic carbocycles. The Labute approximate surface area is 166 Å². The number of carbonyl (C=O) groups is 1. The Hall–Kier alpha value is -2.18. The molecule has 4 rings (SSSR count). The molecule has 28 heavy (non-hydrogen) atoms. The number of nitrogens with zero attached hydrogens (tertiary/aromatic N) is 2. The number of hydrogen-bond donors (Lipinski definition) is 0. The molecule has 2 aromatic rings. The van der Waals surface area contributed by atoms with E-state index in [-0.39, 0.29) is 16.6 Å². The normalized spacial score (nSPS) is 22.4. The second kappa shape index (κ2) is 7.68. The number of benzene rings is 2. The van der Waals surface area contributed by atoms with E-state index < -0.39 is 9.84 Å². The van der Waals surface area contributed by atoms with Crippen molar-refractivity contribution in [1.29, 1.82) is 0 Å². The molecule has 0 N–H and O–H groups in total. The molecule has 1 amide bonds. The summed E-state index contributed by atoms with van der Waals surface area (Å²) in [6, 6.07) is 16.9. The lowest BCUT2D eigenvalue weighted by molar-refractivity contribution is 0.0773. The summed E-state index contributed by atoms with van der Waals surface area (Å²) in [5.41, 5.74) is 1.90. The van der Waals surface area contributed by atoms with Crippen molar-refractivity contribution in [3.05, 3.63) is 65.7 Å². The van der Waals surface area contributed by atoms with Crippen LogP contribution < -0.4 is 0 Å². The molecule has 148 valence electrons. The first-order valence-corrected chi connectivity index (χ1v) is 11.5. The maximum atomic E-state index is 12.8. The van der Waals surface area contributed by atoms with Gasteiger partial charge in [0.25, 0.3) is 5.91 Å². The van der Waals surface area contributed by atoms with Gasteiger partial charge in [-0.05, 0) is 41.7 Å². The van der Waals surface area contributed by atoms with Crippen LogP contribution in [0.25, 0.3) is 0 Å². The van der Waals surface area contributed by atoms with Crippen LogP contribution >= 0.6 is 0 Å². The minimum absolute atomic E-state index is 0.00413. The van der Waals surface area contributed by atoms with Gasteiger partial charge in [-0.1, -0.05) is 37.3 Å². The predicted molar refractivity (Wildman–Crippen MR) is 109 cm³/mol. The monoisotopic (exact) mass is 398 g/mol. The van der Waals surface area contributed by atoms with Gasteiger partial charge in [-0.15, -0.1) is 0 Å². The van der Waals surface area contributed by atoms with Crippen LogP contribution in [-0.2, 0) is 16.4 Å². The molecule has 5 nitrogen and oxygen atoms in total. The van der Waals surface area contributed by atoms with Crippen LogP contribution in [0.2, 0.25) is 0 Å². The van der Waals surface area contributed by atoms with Crippen LogP contribution in [-0.4, -0.2) is 56.1 Å². The second-order valence-electron chi connectivity index (χ2n) is 7.84. The first kappa shape index (κ1) is 19.2. The third-order valence-corrected chi connectivity index (χ3v) is 7.69. The average molecular weight is 399 g/mol. The van der Waals surface area contributed by atoms with Crippen molar-refractivity contribution in [2.75, 3.05) is 31.9 Å². The Morgan fingerprint density at radius 1 is 0.929 bits per heavy atom. The fourth-order valence-electron chi connectivity index (χ4n) is 4.38. The van der Waals surface area contributed by atoms with E-state index in [1.54, 1.807) is 31.2 Å². The van der Waals surface area contributed by atoms with Crippen molar-refractivity contribution in [3.63, 3.8) is 0 Å². The Kier molecular flexibility index (Phi) is 5.25. The Bertz CT molecular complexity index is 928. The summed E-state index contributed by atoms with van der Waals surface area (Å²) in [7, 11) is -3.23. The fourth-order valence-corrected chi connectivity index (χ4v) is 5.26. The second-order valence-corrected chi connectivity index (χ2v) is 10.1. The number of likely N-dealkylation sites (tertiary alicyclic amines) is 2. The Balaban J connectivity index is 1.36. The number of amides is 1. The summed E-state index contributed by atoms with van der Waals surface area (Å²) >= 11 is 0. The van der Waals surface area contributed by atoms with Gasteiger partial charge in [-0.2, -0.15) is 0 Å². The molecule has 2 aliphatic heterocycles. The molecule has 0 radical (unpaired) electrons. The highest BCUT2D eigenvalue weighted by atomic mass is 32.2. The third kappa shape index (κ3) is 3.84. The molecule has 2 aromatic carbocycles. The number of rotatable bonds is 5. The molecule has 0 spiro atoms. The lowest BCUT2D eigenvalue weighted by Gasteiger charge is -2.22. The van der Waals surface area contributed by atoms with Crippen LogP contribution in [0.15, 0.2) is 59.5 Å². The van der Waals surface area contributed by atoms with Crippen molar-refractivity contribution < 1.29 is 13.2 Å². The average Bonchev–Trinajstić information content (AvgIpc) is 3.27. The van der Waals surface area contributed by atoms with E-state index in [9.17, 15) is 13.2 Å². The van der Waals surface area contributed by atoms with Gasteiger partial charge in [0.1, 0.15) is 0 Å². The molecule has 0 unspecified atom stereocenters. The van der Waals surface area contributed by atoms with Gasteiger partial charge in [0.15, 0.2) is 9.84 Å². The van der Waals surface area contributed by atoms with E-state index in [1.165, 1.54) is 5.56 Å². The number of sulfone groups is 1. The van der Waals surface area contributed by atoms with Crippen LogP contribution in [0.3, 0.4) is 0 Å². The van der Waals surface area contributed by atoms with Crippen molar-refractivity contribution in [1.82, 2.24) is 9.80 Å². The Morgan fingerprint density at radius 2 is 1.54 bits per heavy atom. The molecular formula is C22H26N2O3S. The highest BCUT2D eigenvalue weighted by molar-refractivity contribution is 7.91. The SMILES string of the molecule is CCS(=O)(=O)c1ccc(C(=O)N2C[C@H]3CN(Cc4ccccc4)C[C@H]3C2)cc1. The summed E-state index contributed by atoms with van der Waals surface area (Å²) in [6.07, 6.45) is 0. The maximum Gasteiger partial charge on any atom is 0.253 e. The van der Waals surface area contributed by atoms with Crippen molar-refractivity contribution in [2.24, 2.45) is 11.8 Å². The first-order valence-electron chi connectivity index (χ1n) is 9.84. The lowest BCUT2D eigenvalue weighted by Crippen LogP contribution is -2.33. The molecule has 2 aliphatic rings. The van der Waals surface area contributed by atoms with Crippen LogP contribution in [0.1, 0.15) is 22.8 Å². The molecule has 0 aromatic heterocycles. The van der Waals surface area contributed by atoms with Crippen molar-refractivity contribution in [2.45, 2.75) is 18.4 Å². The first-order chi connectivity index (χ1) is 13.5. The predicted octanol–water partition coefficient (Wildman–Crippen LogP) is 2.68. The zero-order valence-electron chi connectivity index (χ0n) is 16.1. The van der Waals surface area contributed by atoms with E-state index in [2.05, 4.69) is 29.2 Å². The molecule has 6 heteroatoms. The van der Waals surface area contributed by atoms with E-state index >= 15 is 0 Å². The number of hydrogen-bond acceptors (Lipinski definition) is 4. The highest BCUT2D eigenvalue weighted by Gasteiger charge is 2.41. The van der Waals surface area contributed by atoms with Gasteiger partial charge in [-0.3, -0.25) is 9.69 Å². The van der Waals surface area contributed by atoms with Crippen molar-refractivity contribution in [3.8, 4) is 0 Å². The molecule has 0 saturated carbocycles. The zero-order valence-corrected chi connectivity index (χ0v) is 16.9. The number of carbonyl (C=O) groups excluding carboxylic acids is 1. The third-order valence-electron chi connectivity index (χ3n) is 5.94. The summed E-state index contributed by atoms with van der Waals surface area (Å²) in [5, 5.41) is 0. The minimum Gasteiger partial charge on any atom is -0.338 e. The molecule has 2 fully saturated rings. The minimum atomic E-state index is -3.23. The highest BCUT2D eigenvalue weighted by Crippen LogP contribution is 2.32. The van der Waals surface area contributed by atoms with Gasteiger partial charge >= 0.3 is 0 Å². The van der Waals surface area contributed by atoms with Crippen molar-refractivity contribution >= 4 is 15.7 Å². The summed E-state index contributed by atoms with van der Waals surface area (Å²) < 4.78 is 23.9. The van der Waals surface area contributed by atoms with E-state index in [0.717, 1.165) is 32.7 Å². The molecule has 2 heterocycles. The van der Waals surface area contributed by atoms with E-state index in [4.69, 9.17) is 0 Å². The summed E-state index contributed by atoms with van der Waals surface area (Å²) in [6.45, 7) is 6.20. The summed E-state index contributed by atoms with van der Waals surface area (Å²) in [4.78, 5) is 17.5. The van der Waals surface area contributed by atoms with Gasteiger partial charge in [0.2, 0.25) is 0 Å².